The van der Waals surface area contributed by atoms with Crippen LogP contribution >= 0.6 is 0 Å². The van der Waals surface area contributed by atoms with Gasteiger partial charge >= 0.3 is 12.1 Å². The average molecular weight is 505 g/mol. The lowest BCUT2D eigenvalue weighted by Gasteiger charge is -2.32. The van der Waals surface area contributed by atoms with E-state index in [1.54, 1.807) is 17.1 Å². The first-order valence-electron chi connectivity index (χ1n) is 11.1. The first kappa shape index (κ1) is 25.2. The molecule has 0 bridgehead atoms. The van der Waals surface area contributed by atoms with Gasteiger partial charge in [-0.1, -0.05) is 12.1 Å². The van der Waals surface area contributed by atoms with Crippen molar-refractivity contribution in [2.45, 2.75) is 31.6 Å². The molecule has 4 heterocycles. The number of aryl methyl sites for hydroxylation is 1. The standard InChI is InChI=1S/C21H22FN7.C2HF3O2/c1-27-13-16(10-25-27)19-11-23-20-21(26-19)29(14-24-20)18-6-8-28(9-7-18)12-15-2-4-17(22)5-3-15;3-2(4,5)1(6)7/h2-5,10-11,13-14,18H,6-9,12H2,1H3;(H,6,7). The van der Waals surface area contributed by atoms with E-state index in [2.05, 4.69) is 24.5 Å². The number of aromatic nitrogens is 6. The van der Waals surface area contributed by atoms with Crippen LogP contribution in [0.15, 0.2) is 49.2 Å². The summed E-state index contributed by atoms with van der Waals surface area (Å²) >= 11 is 0. The van der Waals surface area contributed by atoms with E-state index in [-0.39, 0.29) is 5.82 Å². The number of rotatable bonds is 4. The summed E-state index contributed by atoms with van der Waals surface area (Å²) in [5.74, 6) is -2.95. The summed E-state index contributed by atoms with van der Waals surface area (Å²) in [5.41, 5.74) is 4.39. The van der Waals surface area contributed by atoms with Gasteiger partial charge < -0.3 is 9.67 Å². The van der Waals surface area contributed by atoms with Crippen molar-refractivity contribution in [3.8, 4) is 11.3 Å². The van der Waals surface area contributed by atoms with Crippen LogP contribution < -0.4 is 0 Å². The van der Waals surface area contributed by atoms with E-state index in [1.807, 2.05) is 31.7 Å². The lowest BCUT2D eigenvalue weighted by atomic mass is 10.0. The number of hydrogen-bond donors (Lipinski definition) is 1. The van der Waals surface area contributed by atoms with Crippen molar-refractivity contribution in [3.63, 3.8) is 0 Å². The first-order chi connectivity index (χ1) is 17.1. The van der Waals surface area contributed by atoms with E-state index in [1.165, 1.54) is 12.1 Å². The van der Waals surface area contributed by atoms with Gasteiger partial charge in [-0.2, -0.15) is 18.3 Å². The van der Waals surface area contributed by atoms with Crippen molar-refractivity contribution >= 4 is 17.3 Å². The van der Waals surface area contributed by atoms with Crippen LogP contribution in [0.3, 0.4) is 0 Å². The number of carboxylic acid groups (broad SMARTS) is 1. The Labute approximate surface area is 203 Å². The van der Waals surface area contributed by atoms with Gasteiger partial charge in [0.1, 0.15) is 5.82 Å². The highest BCUT2D eigenvalue weighted by Gasteiger charge is 2.38. The van der Waals surface area contributed by atoms with Gasteiger partial charge in [-0.15, -0.1) is 0 Å². The average Bonchev–Trinajstić information content (AvgIpc) is 3.47. The van der Waals surface area contributed by atoms with Gasteiger partial charge in [-0.3, -0.25) is 9.58 Å². The molecule has 0 spiro atoms. The second-order valence-corrected chi connectivity index (χ2v) is 8.39. The molecule has 1 aliphatic heterocycles. The molecule has 1 saturated heterocycles. The maximum Gasteiger partial charge on any atom is 0.490 e. The summed E-state index contributed by atoms with van der Waals surface area (Å²) in [6.07, 6.45) is 4.30. The number of hydrogen-bond acceptors (Lipinski definition) is 6. The Balaban J connectivity index is 0.000000384. The second kappa shape index (κ2) is 10.4. The van der Waals surface area contributed by atoms with Crippen LogP contribution in [0.5, 0.6) is 0 Å². The van der Waals surface area contributed by atoms with E-state index in [4.69, 9.17) is 14.9 Å². The number of benzene rings is 1. The summed E-state index contributed by atoms with van der Waals surface area (Å²) in [4.78, 5) is 25.1. The van der Waals surface area contributed by atoms with E-state index in [0.29, 0.717) is 11.7 Å². The number of alkyl halides is 3. The lowest BCUT2D eigenvalue weighted by Crippen LogP contribution is -2.34. The van der Waals surface area contributed by atoms with E-state index in [9.17, 15) is 17.6 Å². The Hall–Kier alpha value is -3.87. The molecule has 1 fully saturated rings. The molecule has 0 aliphatic carbocycles. The maximum atomic E-state index is 13.1. The van der Waals surface area contributed by atoms with Gasteiger partial charge in [-0.05, 0) is 30.5 Å². The predicted molar refractivity (Wildman–Crippen MR) is 121 cm³/mol. The zero-order valence-corrected chi connectivity index (χ0v) is 19.2. The Morgan fingerprint density at radius 1 is 1.11 bits per heavy atom. The quantitative estimate of drug-likeness (QED) is 0.421. The minimum absolute atomic E-state index is 0.189. The number of imidazole rings is 1. The third-order valence-corrected chi connectivity index (χ3v) is 5.80. The topological polar surface area (TPSA) is 102 Å². The van der Waals surface area contributed by atoms with E-state index in [0.717, 1.165) is 54.9 Å². The summed E-state index contributed by atoms with van der Waals surface area (Å²) in [5, 5.41) is 11.3. The van der Waals surface area contributed by atoms with Crippen LogP contribution in [0.1, 0.15) is 24.4 Å². The van der Waals surface area contributed by atoms with Crippen LogP contribution in [0.25, 0.3) is 22.6 Å². The zero-order chi connectivity index (χ0) is 25.9. The van der Waals surface area contributed by atoms with Crippen LogP contribution in [0, 0.1) is 5.82 Å². The first-order valence-corrected chi connectivity index (χ1v) is 11.1. The molecule has 0 unspecified atom stereocenters. The van der Waals surface area contributed by atoms with Crippen LogP contribution in [0.4, 0.5) is 17.6 Å². The molecule has 1 N–H and O–H groups in total. The molecular formula is C23H23F4N7O2. The Morgan fingerprint density at radius 2 is 1.78 bits per heavy atom. The van der Waals surface area contributed by atoms with E-state index < -0.39 is 12.1 Å². The number of halogens is 4. The fourth-order valence-electron chi connectivity index (χ4n) is 3.97. The van der Waals surface area contributed by atoms with Crippen molar-refractivity contribution in [2.75, 3.05) is 13.1 Å². The third-order valence-electron chi connectivity index (χ3n) is 5.80. The molecule has 0 radical (unpaired) electrons. The highest BCUT2D eigenvalue weighted by Crippen LogP contribution is 2.27. The molecular weight excluding hydrogens is 482 g/mol. The highest BCUT2D eigenvalue weighted by atomic mass is 19.4. The number of carboxylic acids is 1. The largest absolute Gasteiger partial charge is 0.490 e. The fourth-order valence-corrected chi connectivity index (χ4v) is 3.97. The summed E-state index contributed by atoms with van der Waals surface area (Å²) in [6, 6.07) is 7.12. The molecule has 1 aromatic carbocycles. The van der Waals surface area contributed by atoms with E-state index >= 15 is 0 Å². The van der Waals surface area contributed by atoms with Gasteiger partial charge in [0.2, 0.25) is 0 Å². The molecule has 3 aromatic heterocycles. The molecule has 4 aromatic rings. The maximum absolute atomic E-state index is 13.1. The second-order valence-electron chi connectivity index (χ2n) is 8.39. The smallest absolute Gasteiger partial charge is 0.475 e. The molecule has 0 atom stereocenters. The number of carbonyl (C=O) groups is 1. The van der Waals surface area contributed by atoms with Crippen LogP contribution in [0.2, 0.25) is 0 Å². The molecule has 36 heavy (non-hydrogen) atoms. The Bertz CT molecular complexity index is 1330. The molecule has 5 rings (SSSR count). The summed E-state index contributed by atoms with van der Waals surface area (Å²) in [7, 11) is 1.89. The molecule has 13 heteroatoms. The molecule has 190 valence electrons. The van der Waals surface area contributed by atoms with Gasteiger partial charge in [0.05, 0.1) is 24.4 Å². The van der Waals surface area contributed by atoms with Gasteiger partial charge in [0.15, 0.2) is 11.3 Å². The SMILES string of the molecule is Cn1cc(-c2cnc3ncn(C4CCN(Cc5ccc(F)cc5)CC4)c3n2)cn1.O=C(O)C(F)(F)F. The monoisotopic (exact) mass is 505 g/mol. The molecule has 1 aliphatic rings. The number of fused-ring (bicyclic) bond motifs is 1. The lowest BCUT2D eigenvalue weighted by molar-refractivity contribution is -0.192. The predicted octanol–water partition coefficient (Wildman–Crippen LogP) is 3.84. The van der Waals surface area contributed by atoms with Crippen molar-refractivity contribution in [3.05, 3.63) is 60.6 Å². The molecule has 0 saturated carbocycles. The van der Waals surface area contributed by atoms with Crippen LogP contribution in [-0.2, 0) is 18.4 Å². The van der Waals surface area contributed by atoms with Crippen molar-refractivity contribution in [1.29, 1.82) is 0 Å². The summed E-state index contributed by atoms with van der Waals surface area (Å²) in [6.45, 7) is 2.82. The van der Waals surface area contributed by atoms with Crippen molar-refractivity contribution < 1.29 is 27.5 Å². The molecule has 0 amide bonds. The Kier molecular flexibility index (Phi) is 7.29. The van der Waals surface area contributed by atoms with Crippen molar-refractivity contribution in [1.82, 2.24) is 34.2 Å². The number of piperidine rings is 1. The zero-order valence-electron chi connectivity index (χ0n) is 19.2. The Morgan fingerprint density at radius 3 is 2.36 bits per heavy atom. The van der Waals surface area contributed by atoms with Gasteiger partial charge in [0.25, 0.3) is 0 Å². The fraction of sp³-hybridized carbons (Fsp3) is 0.348. The van der Waals surface area contributed by atoms with Gasteiger partial charge in [0, 0.05) is 44.5 Å². The van der Waals surface area contributed by atoms with Gasteiger partial charge in [-0.25, -0.2) is 24.1 Å². The summed E-state index contributed by atoms with van der Waals surface area (Å²) < 4.78 is 48.8. The highest BCUT2D eigenvalue weighted by molar-refractivity contribution is 5.73. The minimum atomic E-state index is -5.08. The number of nitrogens with zero attached hydrogens (tertiary/aromatic N) is 7. The van der Waals surface area contributed by atoms with Crippen molar-refractivity contribution in [2.24, 2.45) is 7.05 Å². The molecule has 9 nitrogen and oxygen atoms in total. The number of likely N-dealkylation sites (tertiary alicyclic amines) is 1. The third kappa shape index (κ3) is 6.03. The normalized spacial score (nSPS) is 15.0. The van der Waals surface area contributed by atoms with Crippen LogP contribution in [-0.4, -0.2) is 64.5 Å². The number of aliphatic carboxylic acids is 1. The minimum Gasteiger partial charge on any atom is -0.475 e.